The summed E-state index contributed by atoms with van der Waals surface area (Å²) < 4.78 is 0. The van der Waals surface area contributed by atoms with Gasteiger partial charge in [-0.05, 0) is 68.1 Å². The first-order valence-electron chi connectivity index (χ1n) is 10.2. The van der Waals surface area contributed by atoms with Gasteiger partial charge in [0.2, 0.25) is 5.91 Å². The molecule has 1 aromatic heterocycles. The van der Waals surface area contributed by atoms with Gasteiger partial charge in [0.05, 0.1) is 11.3 Å². The van der Waals surface area contributed by atoms with Crippen molar-refractivity contribution in [3.8, 4) is 0 Å². The Labute approximate surface area is 187 Å². The van der Waals surface area contributed by atoms with E-state index in [9.17, 15) is 9.59 Å². The molecule has 0 radical (unpaired) electrons. The summed E-state index contributed by atoms with van der Waals surface area (Å²) in [5.41, 5.74) is 5.87. The molecule has 2 amide bonds. The molecule has 0 fully saturated rings. The van der Waals surface area contributed by atoms with Gasteiger partial charge in [-0.25, -0.2) is 4.98 Å². The quantitative estimate of drug-likeness (QED) is 0.479. The first kappa shape index (κ1) is 22.6. The number of aromatic nitrogens is 1. The van der Waals surface area contributed by atoms with E-state index in [4.69, 9.17) is 0 Å². The first-order chi connectivity index (χ1) is 14.9. The third-order valence-electron chi connectivity index (χ3n) is 4.92. The zero-order chi connectivity index (χ0) is 22.4. The fourth-order valence-corrected chi connectivity index (χ4v) is 4.18. The van der Waals surface area contributed by atoms with Crippen molar-refractivity contribution in [2.45, 2.75) is 39.1 Å². The molecule has 3 rings (SSSR count). The molecule has 1 heterocycles. The average molecular weight is 434 g/mol. The SMILES string of the molecule is CCc1ccc(NC(=O)c2c(C)cc(C)nc2SCC(=O)Nc2ccccc2C)cc1. The predicted octanol–water partition coefficient (Wildman–Crippen LogP) is 5.55. The molecule has 2 aromatic carbocycles. The highest BCUT2D eigenvalue weighted by Crippen LogP contribution is 2.26. The molecule has 0 unspecified atom stereocenters. The number of para-hydroxylation sites is 1. The zero-order valence-electron chi connectivity index (χ0n) is 18.3. The summed E-state index contributed by atoms with van der Waals surface area (Å²) in [5.74, 6) is -0.201. The van der Waals surface area contributed by atoms with Crippen LogP contribution in [0.3, 0.4) is 0 Å². The van der Waals surface area contributed by atoms with Crippen LogP contribution >= 0.6 is 11.8 Å². The van der Waals surface area contributed by atoms with Gasteiger partial charge in [-0.3, -0.25) is 9.59 Å². The van der Waals surface area contributed by atoms with Crippen LogP contribution in [0.4, 0.5) is 11.4 Å². The Morgan fingerprint density at radius 2 is 1.65 bits per heavy atom. The number of benzene rings is 2. The van der Waals surface area contributed by atoms with Crippen molar-refractivity contribution >= 4 is 35.0 Å². The van der Waals surface area contributed by atoms with E-state index in [1.54, 1.807) is 0 Å². The maximum absolute atomic E-state index is 13.0. The molecular formula is C25H27N3O2S. The average Bonchev–Trinajstić information content (AvgIpc) is 2.74. The van der Waals surface area contributed by atoms with Crippen LogP contribution < -0.4 is 10.6 Å². The van der Waals surface area contributed by atoms with Gasteiger partial charge in [0.15, 0.2) is 0 Å². The summed E-state index contributed by atoms with van der Waals surface area (Å²) in [6.45, 7) is 7.81. The molecule has 0 saturated carbocycles. The zero-order valence-corrected chi connectivity index (χ0v) is 19.1. The molecule has 0 spiro atoms. The fourth-order valence-electron chi connectivity index (χ4n) is 3.23. The summed E-state index contributed by atoms with van der Waals surface area (Å²) >= 11 is 1.27. The van der Waals surface area contributed by atoms with Crippen LogP contribution in [-0.4, -0.2) is 22.6 Å². The Hall–Kier alpha value is -3.12. The largest absolute Gasteiger partial charge is 0.325 e. The van der Waals surface area contributed by atoms with E-state index in [1.807, 2.05) is 75.4 Å². The second kappa shape index (κ2) is 10.3. The summed E-state index contributed by atoms with van der Waals surface area (Å²) in [4.78, 5) is 30.1. The molecule has 31 heavy (non-hydrogen) atoms. The van der Waals surface area contributed by atoms with Crippen LogP contribution in [0.5, 0.6) is 0 Å². The molecule has 5 nitrogen and oxygen atoms in total. The van der Waals surface area contributed by atoms with Crippen molar-refractivity contribution < 1.29 is 9.59 Å². The maximum atomic E-state index is 13.0. The third kappa shape index (κ3) is 5.95. The van der Waals surface area contributed by atoms with Crippen molar-refractivity contribution in [2.75, 3.05) is 16.4 Å². The number of amides is 2. The minimum absolute atomic E-state index is 0.137. The molecule has 0 aliphatic heterocycles. The summed E-state index contributed by atoms with van der Waals surface area (Å²) in [5, 5.41) is 6.43. The summed E-state index contributed by atoms with van der Waals surface area (Å²) in [7, 11) is 0. The molecule has 0 aliphatic rings. The lowest BCUT2D eigenvalue weighted by Crippen LogP contribution is -2.18. The Balaban J connectivity index is 1.75. The number of rotatable bonds is 7. The molecule has 0 aliphatic carbocycles. The van der Waals surface area contributed by atoms with Crippen LogP contribution in [0.1, 0.15) is 39.7 Å². The number of nitrogens with zero attached hydrogens (tertiary/aromatic N) is 1. The van der Waals surface area contributed by atoms with Gasteiger partial charge in [-0.1, -0.05) is 49.0 Å². The summed E-state index contributed by atoms with van der Waals surface area (Å²) in [6, 6.07) is 17.3. The minimum atomic E-state index is -0.226. The third-order valence-corrected chi connectivity index (χ3v) is 5.89. The number of anilines is 2. The van der Waals surface area contributed by atoms with Crippen LogP contribution in [0.2, 0.25) is 0 Å². The van der Waals surface area contributed by atoms with Crippen molar-refractivity contribution in [1.82, 2.24) is 4.98 Å². The van der Waals surface area contributed by atoms with Crippen LogP contribution in [-0.2, 0) is 11.2 Å². The van der Waals surface area contributed by atoms with E-state index < -0.39 is 0 Å². The maximum Gasteiger partial charge on any atom is 0.258 e. The van der Waals surface area contributed by atoms with Crippen molar-refractivity contribution in [2.24, 2.45) is 0 Å². The Bertz CT molecular complexity index is 1090. The standard InChI is InChI=1S/C25H27N3O2S/c1-5-19-10-12-20(13-11-19)27-24(30)23-17(3)14-18(4)26-25(23)31-15-22(29)28-21-9-7-6-8-16(21)2/h6-14H,5,15H2,1-4H3,(H,27,30)(H,28,29). The number of carbonyl (C=O) groups excluding carboxylic acids is 2. The van der Waals surface area contributed by atoms with E-state index in [-0.39, 0.29) is 17.6 Å². The van der Waals surface area contributed by atoms with Crippen molar-refractivity contribution in [1.29, 1.82) is 0 Å². The molecule has 0 saturated heterocycles. The highest BCUT2D eigenvalue weighted by Gasteiger charge is 2.19. The highest BCUT2D eigenvalue weighted by molar-refractivity contribution is 8.00. The Morgan fingerprint density at radius 3 is 2.32 bits per heavy atom. The van der Waals surface area contributed by atoms with Gasteiger partial charge >= 0.3 is 0 Å². The van der Waals surface area contributed by atoms with Crippen LogP contribution in [0.15, 0.2) is 59.6 Å². The first-order valence-corrected chi connectivity index (χ1v) is 11.2. The van der Waals surface area contributed by atoms with Crippen molar-refractivity contribution in [3.05, 3.63) is 82.5 Å². The van der Waals surface area contributed by atoms with E-state index in [0.717, 1.165) is 34.6 Å². The lowest BCUT2D eigenvalue weighted by molar-refractivity contribution is -0.113. The van der Waals surface area contributed by atoms with Gasteiger partial charge in [0, 0.05) is 17.1 Å². The number of hydrogen-bond acceptors (Lipinski definition) is 4. The van der Waals surface area contributed by atoms with Crippen LogP contribution in [0.25, 0.3) is 0 Å². The number of thioether (sulfide) groups is 1. The fraction of sp³-hybridized carbons (Fsp3) is 0.240. The monoisotopic (exact) mass is 433 g/mol. The molecule has 0 bridgehead atoms. The Morgan fingerprint density at radius 1 is 0.935 bits per heavy atom. The lowest BCUT2D eigenvalue weighted by atomic mass is 10.1. The summed E-state index contributed by atoms with van der Waals surface area (Å²) in [6.07, 6.45) is 0.945. The van der Waals surface area contributed by atoms with E-state index in [0.29, 0.717) is 10.6 Å². The lowest BCUT2D eigenvalue weighted by Gasteiger charge is -2.14. The van der Waals surface area contributed by atoms with Gasteiger partial charge in [0.25, 0.3) is 5.91 Å². The minimum Gasteiger partial charge on any atom is -0.325 e. The van der Waals surface area contributed by atoms with E-state index in [2.05, 4.69) is 22.5 Å². The molecule has 2 N–H and O–H groups in total. The van der Waals surface area contributed by atoms with Crippen molar-refractivity contribution in [3.63, 3.8) is 0 Å². The molecular weight excluding hydrogens is 406 g/mol. The van der Waals surface area contributed by atoms with E-state index in [1.165, 1.54) is 17.3 Å². The second-order valence-corrected chi connectivity index (χ2v) is 8.38. The van der Waals surface area contributed by atoms with Gasteiger partial charge < -0.3 is 10.6 Å². The smallest absolute Gasteiger partial charge is 0.258 e. The van der Waals surface area contributed by atoms with Crippen LogP contribution in [0, 0.1) is 20.8 Å². The number of hydrogen-bond donors (Lipinski definition) is 2. The molecule has 6 heteroatoms. The Kier molecular flexibility index (Phi) is 7.47. The topological polar surface area (TPSA) is 71.1 Å². The van der Waals surface area contributed by atoms with Gasteiger partial charge in [0.1, 0.15) is 5.03 Å². The van der Waals surface area contributed by atoms with Gasteiger partial charge in [-0.2, -0.15) is 0 Å². The van der Waals surface area contributed by atoms with Gasteiger partial charge in [-0.15, -0.1) is 0 Å². The highest BCUT2D eigenvalue weighted by atomic mass is 32.2. The molecule has 160 valence electrons. The van der Waals surface area contributed by atoms with E-state index >= 15 is 0 Å². The second-order valence-electron chi connectivity index (χ2n) is 7.42. The molecule has 0 atom stereocenters. The predicted molar refractivity (Wildman–Crippen MR) is 128 cm³/mol. The number of aryl methyl sites for hydroxylation is 4. The number of pyridine rings is 1. The number of carbonyl (C=O) groups is 2. The normalized spacial score (nSPS) is 10.6. The number of nitrogens with one attached hydrogen (secondary N) is 2. The molecule has 3 aromatic rings.